The summed E-state index contributed by atoms with van der Waals surface area (Å²) in [5.41, 5.74) is 4.78. The molecule has 0 aliphatic rings. The van der Waals surface area contributed by atoms with E-state index >= 15 is 0 Å². The number of nitrogens with zero attached hydrogens (tertiary/aromatic N) is 3. The average Bonchev–Trinajstić information content (AvgIpc) is 3.22. The van der Waals surface area contributed by atoms with Crippen molar-refractivity contribution in [3.63, 3.8) is 0 Å². The van der Waals surface area contributed by atoms with Gasteiger partial charge in [-0.05, 0) is 48.4 Å². The number of rotatable bonds is 6. The van der Waals surface area contributed by atoms with Gasteiger partial charge in [0, 0.05) is 17.0 Å². The molecule has 6 heteroatoms. The van der Waals surface area contributed by atoms with Crippen molar-refractivity contribution in [1.29, 1.82) is 0 Å². The first kappa shape index (κ1) is 19.0. The van der Waals surface area contributed by atoms with Gasteiger partial charge in [-0.3, -0.25) is 9.36 Å². The topological polar surface area (TPSA) is 59.8 Å². The summed E-state index contributed by atoms with van der Waals surface area (Å²) in [4.78, 5) is 12.4. The van der Waals surface area contributed by atoms with Crippen LogP contribution in [0.1, 0.15) is 21.5 Å². The fourth-order valence-corrected chi connectivity index (χ4v) is 3.82. The molecule has 1 amide bonds. The summed E-state index contributed by atoms with van der Waals surface area (Å²) in [5, 5.41) is 12.1. The van der Waals surface area contributed by atoms with Crippen molar-refractivity contribution >= 4 is 23.4 Å². The van der Waals surface area contributed by atoms with Gasteiger partial charge in [-0.2, -0.15) is 0 Å². The number of hydrogen-bond acceptors (Lipinski definition) is 4. The Morgan fingerprint density at radius 1 is 0.966 bits per heavy atom. The molecule has 3 aromatic carbocycles. The third kappa shape index (κ3) is 4.55. The first-order valence-corrected chi connectivity index (χ1v) is 10.2. The second-order valence-electron chi connectivity index (χ2n) is 6.58. The molecule has 1 N–H and O–H groups in total. The van der Waals surface area contributed by atoms with E-state index in [2.05, 4.69) is 34.6 Å². The monoisotopic (exact) mass is 400 g/mol. The van der Waals surface area contributed by atoms with E-state index < -0.39 is 0 Å². The van der Waals surface area contributed by atoms with Gasteiger partial charge in [0.2, 0.25) is 0 Å². The summed E-state index contributed by atoms with van der Waals surface area (Å²) in [6.45, 7) is 2.07. The van der Waals surface area contributed by atoms with Crippen molar-refractivity contribution in [2.75, 3.05) is 5.32 Å². The number of aryl methyl sites for hydroxylation is 1. The fourth-order valence-electron chi connectivity index (χ4n) is 2.95. The molecular formula is C23H20N4OS. The Bertz CT molecular complexity index is 1110. The Morgan fingerprint density at radius 3 is 2.45 bits per heavy atom. The fraction of sp³-hybridized carbons (Fsp3) is 0.0870. The van der Waals surface area contributed by atoms with Crippen molar-refractivity contribution in [1.82, 2.24) is 14.8 Å². The van der Waals surface area contributed by atoms with Crippen molar-refractivity contribution in [2.45, 2.75) is 17.8 Å². The van der Waals surface area contributed by atoms with E-state index in [4.69, 9.17) is 0 Å². The van der Waals surface area contributed by atoms with E-state index in [0.717, 1.165) is 27.8 Å². The Hall–Kier alpha value is -3.38. The molecule has 0 spiro atoms. The molecule has 1 heterocycles. The van der Waals surface area contributed by atoms with E-state index in [9.17, 15) is 4.79 Å². The molecule has 0 aliphatic heterocycles. The second kappa shape index (κ2) is 8.75. The average molecular weight is 401 g/mol. The van der Waals surface area contributed by atoms with Gasteiger partial charge in [-0.15, -0.1) is 10.2 Å². The van der Waals surface area contributed by atoms with Crippen molar-refractivity contribution in [2.24, 2.45) is 0 Å². The van der Waals surface area contributed by atoms with E-state index in [1.165, 1.54) is 5.56 Å². The zero-order chi connectivity index (χ0) is 20.1. The summed E-state index contributed by atoms with van der Waals surface area (Å²) in [6.07, 6.45) is 1.74. The molecule has 0 saturated carbocycles. The van der Waals surface area contributed by atoms with Crippen LogP contribution in [0, 0.1) is 6.92 Å². The lowest BCUT2D eigenvalue weighted by Gasteiger charge is -2.09. The minimum absolute atomic E-state index is 0.116. The molecule has 0 bridgehead atoms. The van der Waals surface area contributed by atoms with Crippen molar-refractivity contribution in [3.8, 4) is 5.69 Å². The zero-order valence-corrected chi connectivity index (χ0v) is 16.8. The third-order valence-corrected chi connectivity index (χ3v) is 5.52. The number of hydrogen-bond donors (Lipinski definition) is 1. The van der Waals surface area contributed by atoms with Gasteiger partial charge in [0.1, 0.15) is 6.33 Å². The molecule has 0 atom stereocenters. The third-order valence-electron chi connectivity index (χ3n) is 4.51. The summed E-state index contributed by atoms with van der Waals surface area (Å²) in [6, 6.07) is 25.2. The molecular weight excluding hydrogens is 380 g/mol. The highest BCUT2D eigenvalue weighted by atomic mass is 32.2. The zero-order valence-electron chi connectivity index (χ0n) is 15.9. The summed E-state index contributed by atoms with van der Waals surface area (Å²) < 4.78 is 2.00. The number of aromatic nitrogens is 3. The highest BCUT2D eigenvalue weighted by Gasteiger charge is 2.10. The number of nitrogens with one attached hydrogen (secondary N) is 1. The van der Waals surface area contributed by atoms with Gasteiger partial charge < -0.3 is 5.32 Å². The standard InChI is InChI=1S/C23H20N4OS/c1-17-7-5-6-10-21(17)27-16-24-26-23(27)29-15-18-11-13-19(14-12-18)22(28)25-20-8-3-2-4-9-20/h2-14,16H,15H2,1H3,(H,25,28). The van der Waals surface area contributed by atoms with Crippen LogP contribution in [0.2, 0.25) is 0 Å². The maximum Gasteiger partial charge on any atom is 0.255 e. The summed E-state index contributed by atoms with van der Waals surface area (Å²) in [7, 11) is 0. The van der Waals surface area contributed by atoms with Crippen LogP contribution in [-0.2, 0) is 5.75 Å². The summed E-state index contributed by atoms with van der Waals surface area (Å²) >= 11 is 1.62. The predicted octanol–water partition coefficient (Wildman–Crippen LogP) is 5.12. The van der Waals surface area contributed by atoms with Crippen LogP contribution in [0.4, 0.5) is 5.69 Å². The molecule has 0 saturated heterocycles. The smallest absolute Gasteiger partial charge is 0.255 e. The minimum Gasteiger partial charge on any atom is -0.322 e. The molecule has 0 fully saturated rings. The minimum atomic E-state index is -0.116. The van der Waals surface area contributed by atoms with Crippen LogP contribution in [0.15, 0.2) is 90.3 Å². The lowest BCUT2D eigenvalue weighted by atomic mass is 10.1. The Kier molecular flexibility index (Phi) is 5.72. The van der Waals surface area contributed by atoms with E-state index in [1.807, 2.05) is 71.3 Å². The number of thioether (sulfide) groups is 1. The number of carbonyl (C=O) groups excluding carboxylic acids is 1. The SMILES string of the molecule is Cc1ccccc1-n1cnnc1SCc1ccc(C(=O)Nc2ccccc2)cc1. The number of anilines is 1. The normalized spacial score (nSPS) is 10.7. The first-order chi connectivity index (χ1) is 14.2. The molecule has 29 heavy (non-hydrogen) atoms. The van der Waals surface area contributed by atoms with Gasteiger partial charge in [0.15, 0.2) is 5.16 Å². The van der Waals surface area contributed by atoms with E-state index in [0.29, 0.717) is 5.56 Å². The summed E-state index contributed by atoms with van der Waals surface area (Å²) in [5.74, 6) is 0.625. The number of amides is 1. The molecule has 0 aliphatic carbocycles. The van der Waals surface area contributed by atoms with E-state index in [-0.39, 0.29) is 5.91 Å². The van der Waals surface area contributed by atoms with Crippen LogP contribution < -0.4 is 5.32 Å². The van der Waals surface area contributed by atoms with Gasteiger partial charge in [-0.1, -0.05) is 60.3 Å². The van der Waals surface area contributed by atoms with Crippen LogP contribution >= 0.6 is 11.8 Å². The van der Waals surface area contributed by atoms with Crippen molar-refractivity contribution < 1.29 is 4.79 Å². The highest BCUT2D eigenvalue weighted by molar-refractivity contribution is 7.98. The maximum absolute atomic E-state index is 12.4. The van der Waals surface area contributed by atoms with Gasteiger partial charge in [0.25, 0.3) is 5.91 Å². The first-order valence-electron chi connectivity index (χ1n) is 9.25. The van der Waals surface area contributed by atoms with Gasteiger partial charge >= 0.3 is 0 Å². The maximum atomic E-state index is 12.4. The Labute approximate surface area is 173 Å². The Morgan fingerprint density at radius 2 is 1.69 bits per heavy atom. The molecule has 0 unspecified atom stereocenters. The number of para-hydroxylation sites is 2. The van der Waals surface area contributed by atoms with Crippen LogP contribution in [0.3, 0.4) is 0 Å². The largest absolute Gasteiger partial charge is 0.322 e. The predicted molar refractivity (Wildman–Crippen MR) is 116 cm³/mol. The number of benzene rings is 3. The lowest BCUT2D eigenvalue weighted by molar-refractivity contribution is 0.102. The molecule has 4 rings (SSSR count). The van der Waals surface area contributed by atoms with Gasteiger partial charge in [0.05, 0.1) is 5.69 Å². The Balaban J connectivity index is 1.41. The van der Waals surface area contributed by atoms with Crippen LogP contribution in [0.5, 0.6) is 0 Å². The second-order valence-corrected chi connectivity index (χ2v) is 7.52. The lowest BCUT2D eigenvalue weighted by Crippen LogP contribution is -2.11. The van der Waals surface area contributed by atoms with Crippen LogP contribution in [-0.4, -0.2) is 20.7 Å². The quantitative estimate of drug-likeness (QED) is 0.456. The molecule has 4 aromatic rings. The molecule has 144 valence electrons. The van der Waals surface area contributed by atoms with E-state index in [1.54, 1.807) is 18.1 Å². The van der Waals surface area contributed by atoms with Crippen molar-refractivity contribution in [3.05, 3.63) is 102 Å². The van der Waals surface area contributed by atoms with Crippen LogP contribution in [0.25, 0.3) is 5.69 Å². The van der Waals surface area contributed by atoms with Gasteiger partial charge in [-0.25, -0.2) is 0 Å². The molecule has 1 aromatic heterocycles. The molecule has 5 nitrogen and oxygen atoms in total. The highest BCUT2D eigenvalue weighted by Crippen LogP contribution is 2.25. The number of carbonyl (C=O) groups is 1. The molecule has 0 radical (unpaired) electrons.